The predicted octanol–water partition coefficient (Wildman–Crippen LogP) is 2.60. The summed E-state index contributed by atoms with van der Waals surface area (Å²) in [6, 6.07) is 1.81. The summed E-state index contributed by atoms with van der Waals surface area (Å²) >= 11 is 0. The van der Waals surface area contributed by atoms with Gasteiger partial charge in [0.15, 0.2) is 0 Å². The van der Waals surface area contributed by atoms with Crippen LogP contribution in [0.5, 0.6) is 0 Å². The Kier molecular flexibility index (Phi) is 3.93. The van der Waals surface area contributed by atoms with Crippen LogP contribution in [0.2, 0.25) is 0 Å². The van der Waals surface area contributed by atoms with Gasteiger partial charge < -0.3 is 16.2 Å². The van der Waals surface area contributed by atoms with Gasteiger partial charge in [-0.15, -0.1) is 0 Å². The number of anilines is 2. The summed E-state index contributed by atoms with van der Waals surface area (Å²) in [5, 5.41) is 12.2. The number of hydrogen-bond acceptors (Lipinski definition) is 4. The van der Waals surface area contributed by atoms with Gasteiger partial charge >= 0.3 is 5.97 Å². The third-order valence-electron chi connectivity index (χ3n) is 3.92. The Balaban J connectivity index is 2.09. The Morgan fingerprint density at radius 2 is 2.21 bits per heavy atom. The fourth-order valence-corrected chi connectivity index (χ4v) is 2.77. The minimum absolute atomic E-state index is 0.119. The number of carboxylic acid groups (broad SMARTS) is 1. The molecule has 1 aliphatic carbocycles. The van der Waals surface area contributed by atoms with Crippen LogP contribution >= 0.6 is 0 Å². The molecule has 2 rings (SSSR count). The number of hydrogen-bond donors (Lipinski definition) is 3. The van der Waals surface area contributed by atoms with Crippen LogP contribution in [0.15, 0.2) is 12.3 Å². The number of aromatic nitrogens is 1. The zero-order chi connectivity index (χ0) is 14.0. The van der Waals surface area contributed by atoms with E-state index in [1.54, 1.807) is 0 Å². The lowest BCUT2D eigenvalue weighted by Gasteiger charge is -2.33. The van der Waals surface area contributed by atoms with Gasteiger partial charge in [0.2, 0.25) is 0 Å². The molecular weight excluding hydrogens is 242 g/mol. The quantitative estimate of drug-likeness (QED) is 0.780. The van der Waals surface area contributed by atoms with Crippen molar-refractivity contribution in [1.82, 2.24) is 4.98 Å². The van der Waals surface area contributed by atoms with Crippen LogP contribution in [0.4, 0.5) is 11.5 Å². The van der Waals surface area contributed by atoms with E-state index in [2.05, 4.69) is 24.1 Å². The Morgan fingerprint density at radius 1 is 1.47 bits per heavy atom. The summed E-state index contributed by atoms with van der Waals surface area (Å²) in [6.07, 6.45) is 4.85. The van der Waals surface area contributed by atoms with E-state index in [1.807, 2.05) is 0 Å². The molecule has 1 aromatic rings. The first-order valence-corrected chi connectivity index (χ1v) is 6.72. The summed E-state index contributed by atoms with van der Waals surface area (Å²) < 4.78 is 0. The minimum Gasteiger partial charge on any atom is -0.478 e. The van der Waals surface area contributed by atoms with E-state index >= 15 is 0 Å². The van der Waals surface area contributed by atoms with E-state index < -0.39 is 5.97 Å². The van der Waals surface area contributed by atoms with Gasteiger partial charge in [-0.05, 0) is 37.2 Å². The summed E-state index contributed by atoms with van der Waals surface area (Å²) in [7, 11) is 0. The van der Waals surface area contributed by atoms with E-state index in [0.29, 0.717) is 23.5 Å². The maximum atomic E-state index is 10.8. The molecule has 3 unspecified atom stereocenters. The minimum atomic E-state index is -1.01. The van der Waals surface area contributed by atoms with Crippen molar-refractivity contribution in [3.05, 3.63) is 17.8 Å². The first kappa shape index (κ1) is 13.6. The average Bonchev–Trinajstić information content (AvgIpc) is 2.34. The van der Waals surface area contributed by atoms with Crippen molar-refractivity contribution in [2.75, 3.05) is 11.1 Å². The molecule has 1 heterocycles. The Bertz CT molecular complexity index is 476. The van der Waals surface area contributed by atoms with Crippen LogP contribution in [-0.2, 0) is 0 Å². The monoisotopic (exact) mass is 263 g/mol. The van der Waals surface area contributed by atoms with Crippen LogP contribution in [0, 0.1) is 11.8 Å². The lowest BCUT2D eigenvalue weighted by Crippen LogP contribution is -2.33. The molecule has 104 valence electrons. The SMILES string of the molecule is CC1CCC(Nc2ncc(C(=O)O)cc2N)C(C)C1. The van der Waals surface area contributed by atoms with Crippen molar-refractivity contribution in [1.29, 1.82) is 0 Å². The first-order valence-electron chi connectivity index (χ1n) is 6.72. The van der Waals surface area contributed by atoms with Crippen LogP contribution < -0.4 is 11.1 Å². The molecule has 1 aliphatic rings. The van der Waals surface area contributed by atoms with Gasteiger partial charge in [-0.25, -0.2) is 9.78 Å². The highest BCUT2D eigenvalue weighted by molar-refractivity contribution is 5.89. The van der Waals surface area contributed by atoms with Crippen molar-refractivity contribution < 1.29 is 9.90 Å². The molecule has 5 heteroatoms. The van der Waals surface area contributed by atoms with Gasteiger partial charge in [-0.3, -0.25) is 0 Å². The zero-order valence-electron chi connectivity index (χ0n) is 11.4. The number of pyridine rings is 1. The van der Waals surface area contributed by atoms with Crippen LogP contribution in [0.1, 0.15) is 43.5 Å². The van der Waals surface area contributed by atoms with Crippen molar-refractivity contribution in [2.45, 2.75) is 39.2 Å². The van der Waals surface area contributed by atoms with Gasteiger partial charge in [0.25, 0.3) is 0 Å². The second-order valence-corrected chi connectivity index (χ2v) is 5.61. The summed E-state index contributed by atoms with van der Waals surface area (Å²) in [4.78, 5) is 15.0. The van der Waals surface area contributed by atoms with E-state index in [4.69, 9.17) is 10.8 Å². The van der Waals surface area contributed by atoms with Gasteiger partial charge in [0.05, 0.1) is 11.3 Å². The second kappa shape index (κ2) is 5.47. The highest BCUT2D eigenvalue weighted by Crippen LogP contribution is 2.31. The zero-order valence-corrected chi connectivity index (χ0v) is 11.4. The van der Waals surface area contributed by atoms with Gasteiger partial charge in [0, 0.05) is 12.2 Å². The Morgan fingerprint density at radius 3 is 2.79 bits per heavy atom. The molecular formula is C14H21N3O2. The number of nitrogen functional groups attached to an aromatic ring is 1. The van der Waals surface area contributed by atoms with Gasteiger partial charge in [-0.1, -0.05) is 13.8 Å². The third kappa shape index (κ3) is 3.16. The topological polar surface area (TPSA) is 88.2 Å². The molecule has 0 aliphatic heterocycles. The third-order valence-corrected chi connectivity index (χ3v) is 3.92. The molecule has 1 aromatic heterocycles. The lowest BCUT2D eigenvalue weighted by atomic mass is 9.80. The molecule has 0 amide bonds. The fourth-order valence-electron chi connectivity index (χ4n) is 2.77. The standard InChI is InChI=1S/C14H21N3O2/c1-8-3-4-12(9(2)5-8)17-13-11(15)6-10(7-16-13)14(18)19/h6-9,12H,3-5,15H2,1-2H3,(H,16,17)(H,18,19). The molecule has 0 radical (unpaired) electrons. The maximum absolute atomic E-state index is 10.8. The lowest BCUT2D eigenvalue weighted by molar-refractivity contribution is 0.0696. The van der Waals surface area contributed by atoms with E-state index in [0.717, 1.165) is 12.3 Å². The number of rotatable bonds is 3. The molecule has 5 nitrogen and oxygen atoms in total. The number of carbonyl (C=O) groups is 1. The molecule has 1 saturated carbocycles. The van der Waals surface area contributed by atoms with Crippen molar-refractivity contribution in [3.8, 4) is 0 Å². The number of carboxylic acids is 1. The number of aromatic carboxylic acids is 1. The molecule has 0 aromatic carbocycles. The molecule has 0 saturated heterocycles. The van der Waals surface area contributed by atoms with E-state index in [9.17, 15) is 4.79 Å². The summed E-state index contributed by atoms with van der Waals surface area (Å²) in [5.41, 5.74) is 6.37. The van der Waals surface area contributed by atoms with Crippen molar-refractivity contribution in [3.63, 3.8) is 0 Å². The number of nitrogens with zero attached hydrogens (tertiary/aromatic N) is 1. The Labute approximate surface area is 113 Å². The highest BCUT2D eigenvalue weighted by Gasteiger charge is 2.25. The Hall–Kier alpha value is -1.78. The smallest absolute Gasteiger partial charge is 0.337 e. The van der Waals surface area contributed by atoms with Crippen molar-refractivity contribution in [2.24, 2.45) is 11.8 Å². The number of nitrogens with two attached hydrogens (primary N) is 1. The van der Waals surface area contributed by atoms with Crippen LogP contribution in [0.25, 0.3) is 0 Å². The molecule has 0 bridgehead atoms. The van der Waals surface area contributed by atoms with Crippen LogP contribution in [-0.4, -0.2) is 22.1 Å². The molecule has 0 spiro atoms. The van der Waals surface area contributed by atoms with Crippen LogP contribution in [0.3, 0.4) is 0 Å². The maximum Gasteiger partial charge on any atom is 0.337 e. The van der Waals surface area contributed by atoms with E-state index in [-0.39, 0.29) is 5.56 Å². The average molecular weight is 263 g/mol. The fraction of sp³-hybridized carbons (Fsp3) is 0.571. The largest absolute Gasteiger partial charge is 0.478 e. The molecule has 1 fully saturated rings. The summed E-state index contributed by atoms with van der Waals surface area (Å²) in [5.74, 6) is 0.929. The van der Waals surface area contributed by atoms with E-state index in [1.165, 1.54) is 25.1 Å². The number of nitrogens with one attached hydrogen (secondary N) is 1. The second-order valence-electron chi connectivity index (χ2n) is 5.61. The highest BCUT2D eigenvalue weighted by atomic mass is 16.4. The summed E-state index contributed by atoms with van der Waals surface area (Å²) in [6.45, 7) is 4.51. The molecule has 3 atom stereocenters. The van der Waals surface area contributed by atoms with Crippen molar-refractivity contribution >= 4 is 17.5 Å². The predicted molar refractivity (Wildman–Crippen MR) is 75.2 cm³/mol. The molecule has 4 N–H and O–H groups in total. The first-order chi connectivity index (χ1) is 8.97. The van der Waals surface area contributed by atoms with Gasteiger partial charge in [-0.2, -0.15) is 0 Å². The molecule has 19 heavy (non-hydrogen) atoms. The van der Waals surface area contributed by atoms with Gasteiger partial charge in [0.1, 0.15) is 5.82 Å². The normalized spacial score (nSPS) is 26.9.